The minimum absolute atomic E-state index is 0.102. The number of esters is 1. The number of amides is 1. The second kappa shape index (κ2) is 10.2. The summed E-state index contributed by atoms with van der Waals surface area (Å²) in [6, 6.07) is 14.4. The van der Waals surface area contributed by atoms with Crippen LogP contribution in [-0.4, -0.2) is 39.5 Å². The van der Waals surface area contributed by atoms with E-state index in [1.807, 2.05) is 28.8 Å². The molecule has 1 aromatic heterocycles. The number of methoxy groups -OCH3 is 1. The maximum absolute atomic E-state index is 12.5. The lowest BCUT2D eigenvalue weighted by Crippen LogP contribution is -2.17. The van der Waals surface area contributed by atoms with Gasteiger partial charge in [0, 0.05) is 16.6 Å². The van der Waals surface area contributed by atoms with E-state index in [0.29, 0.717) is 28.8 Å². The summed E-state index contributed by atoms with van der Waals surface area (Å²) >= 11 is 4.68. The lowest BCUT2D eigenvalue weighted by Gasteiger charge is -2.10. The normalized spacial score (nSPS) is 10.5. The number of thioether (sulfide) groups is 1. The van der Waals surface area contributed by atoms with Gasteiger partial charge in [-0.25, -0.2) is 4.79 Å². The van der Waals surface area contributed by atoms with E-state index in [2.05, 4.69) is 38.0 Å². The highest BCUT2D eigenvalue weighted by Gasteiger charge is 2.17. The molecule has 0 radical (unpaired) electrons. The Morgan fingerprint density at radius 3 is 2.63 bits per heavy atom. The zero-order valence-corrected chi connectivity index (χ0v) is 18.6. The standard InChI is InChI=1S/C21H19BrN4O3S/c1-3-12-26-19(14-8-10-15(22)11-9-14)24-25-21(26)30-13-18(27)23-17-7-5-4-6-16(17)20(28)29-2/h3-11H,1,12-13H2,2H3,(H,23,27). The number of aromatic nitrogens is 3. The van der Waals surface area contributed by atoms with Crippen molar-refractivity contribution in [2.75, 3.05) is 18.2 Å². The molecule has 0 saturated carbocycles. The van der Waals surface area contributed by atoms with Crippen molar-refractivity contribution in [3.05, 3.63) is 71.2 Å². The molecule has 0 spiro atoms. The molecule has 0 bridgehead atoms. The second-order valence-corrected chi connectivity index (χ2v) is 7.94. The quantitative estimate of drug-likeness (QED) is 0.288. The lowest BCUT2D eigenvalue weighted by molar-refractivity contribution is -0.113. The number of carbonyl (C=O) groups excluding carboxylic acids is 2. The summed E-state index contributed by atoms with van der Waals surface area (Å²) in [5, 5.41) is 11.9. The highest BCUT2D eigenvalue weighted by molar-refractivity contribution is 9.10. The van der Waals surface area contributed by atoms with Crippen LogP contribution in [0, 0.1) is 0 Å². The first-order valence-corrected chi connectivity index (χ1v) is 10.7. The van der Waals surface area contributed by atoms with Gasteiger partial charge in [0.2, 0.25) is 5.91 Å². The molecule has 1 heterocycles. The third kappa shape index (κ3) is 5.17. The van der Waals surface area contributed by atoms with Crippen molar-refractivity contribution in [1.82, 2.24) is 14.8 Å². The average Bonchev–Trinajstić information content (AvgIpc) is 3.15. The van der Waals surface area contributed by atoms with Crippen LogP contribution in [0.2, 0.25) is 0 Å². The van der Waals surface area contributed by atoms with Gasteiger partial charge in [0.25, 0.3) is 0 Å². The Morgan fingerprint density at radius 2 is 1.93 bits per heavy atom. The van der Waals surface area contributed by atoms with Crippen LogP contribution in [0.3, 0.4) is 0 Å². The molecule has 0 aliphatic rings. The smallest absolute Gasteiger partial charge is 0.339 e. The predicted molar refractivity (Wildman–Crippen MR) is 120 cm³/mol. The van der Waals surface area contributed by atoms with Crippen LogP contribution in [0.1, 0.15) is 10.4 Å². The van der Waals surface area contributed by atoms with Crippen molar-refractivity contribution in [3.63, 3.8) is 0 Å². The van der Waals surface area contributed by atoms with Gasteiger partial charge >= 0.3 is 5.97 Å². The number of rotatable bonds is 8. The second-order valence-electron chi connectivity index (χ2n) is 6.09. The number of hydrogen-bond acceptors (Lipinski definition) is 6. The third-order valence-electron chi connectivity index (χ3n) is 4.07. The number of benzene rings is 2. The summed E-state index contributed by atoms with van der Waals surface area (Å²) in [6.45, 7) is 4.30. The summed E-state index contributed by atoms with van der Waals surface area (Å²) in [7, 11) is 1.30. The summed E-state index contributed by atoms with van der Waals surface area (Å²) in [4.78, 5) is 24.3. The lowest BCUT2D eigenvalue weighted by atomic mass is 10.2. The molecule has 0 atom stereocenters. The molecule has 3 rings (SSSR count). The minimum atomic E-state index is -0.511. The van der Waals surface area contributed by atoms with Crippen LogP contribution in [0.25, 0.3) is 11.4 Å². The number of nitrogens with one attached hydrogen (secondary N) is 1. The van der Waals surface area contributed by atoms with E-state index in [-0.39, 0.29) is 11.7 Å². The Kier molecular flexibility index (Phi) is 7.42. The van der Waals surface area contributed by atoms with E-state index in [1.54, 1.807) is 30.3 Å². The molecule has 0 aliphatic heterocycles. The third-order valence-corrected chi connectivity index (χ3v) is 5.57. The monoisotopic (exact) mass is 486 g/mol. The van der Waals surface area contributed by atoms with Crippen molar-refractivity contribution in [2.45, 2.75) is 11.7 Å². The molecular formula is C21H19BrN4O3S. The van der Waals surface area contributed by atoms with E-state index >= 15 is 0 Å². The molecule has 1 N–H and O–H groups in total. The summed E-state index contributed by atoms with van der Waals surface area (Å²) in [5.74, 6) is 0.0185. The van der Waals surface area contributed by atoms with Gasteiger partial charge < -0.3 is 10.1 Å². The van der Waals surface area contributed by atoms with Crippen molar-refractivity contribution in [1.29, 1.82) is 0 Å². The number of anilines is 1. The van der Waals surface area contributed by atoms with Gasteiger partial charge in [0.1, 0.15) is 0 Å². The molecule has 0 saturated heterocycles. The SMILES string of the molecule is C=CCn1c(SCC(=O)Nc2ccccc2C(=O)OC)nnc1-c1ccc(Br)cc1. The fourth-order valence-corrected chi connectivity index (χ4v) is 3.71. The molecule has 9 heteroatoms. The Hall–Kier alpha value is -2.91. The highest BCUT2D eigenvalue weighted by Crippen LogP contribution is 2.26. The molecule has 30 heavy (non-hydrogen) atoms. The first-order valence-electron chi connectivity index (χ1n) is 8.93. The van der Waals surface area contributed by atoms with Gasteiger partial charge in [0.05, 0.1) is 24.1 Å². The maximum atomic E-state index is 12.5. The Bertz CT molecular complexity index is 1070. The van der Waals surface area contributed by atoms with Crippen LogP contribution >= 0.6 is 27.7 Å². The van der Waals surface area contributed by atoms with Gasteiger partial charge in [-0.05, 0) is 24.3 Å². The molecule has 7 nitrogen and oxygen atoms in total. The van der Waals surface area contributed by atoms with Crippen LogP contribution in [-0.2, 0) is 16.1 Å². The number of nitrogens with zero attached hydrogens (tertiary/aromatic N) is 3. The fraction of sp³-hybridized carbons (Fsp3) is 0.143. The molecule has 0 aliphatic carbocycles. The van der Waals surface area contributed by atoms with E-state index < -0.39 is 5.97 Å². The van der Waals surface area contributed by atoms with Crippen molar-refractivity contribution in [2.24, 2.45) is 0 Å². The zero-order valence-electron chi connectivity index (χ0n) is 16.2. The highest BCUT2D eigenvalue weighted by atomic mass is 79.9. The Morgan fingerprint density at radius 1 is 1.20 bits per heavy atom. The Labute approximate surface area is 186 Å². The van der Waals surface area contributed by atoms with Gasteiger partial charge in [-0.1, -0.05) is 58.0 Å². The molecule has 2 aromatic carbocycles. The summed E-state index contributed by atoms with van der Waals surface area (Å²) < 4.78 is 7.62. The number of halogens is 1. The molecular weight excluding hydrogens is 468 g/mol. The number of hydrogen-bond donors (Lipinski definition) is 1. The van der Waals surface area contributed by atoms with Crippen LogP contribution < -0.4 is 5.32 Å². The first-order chi connectivity index (χ1) is 14.5. The molecule has 154 valence electrons. The van der Waals surface area contributed by atoms with Crippen molar-refractivity contribution >= 4 is 45.3 Å². The summed E-state index contributed by atoms with van der Waals surface area (Å²) in [5.41, 5.74) is 1.61. The van der Waals surface area contributed by atoms with Crippen LogP contribution in [0.5, 0.6) is 0 Å². The minimum Gasteiger partial charge on any atom is -0.465 e. The van der Waals surface area contributed by atoms with E-state index in [9.17, 15) is 9.59 Å². The van der Waals surface area contributed by atoms with Crippen molar-refractivity contribution in [3.8, 4) is 11.4 Å². The molecule has 0 fully saturated rings. The molecule has 3 aromatic rings. The maximum Gasteiger partial charge on any atom is 0.339 e. The van der Waals surface area contributed by atoms with Gasteiger partial charge in [-0.3, -0.25) is 9.36 Å². The van der Waals surface area contributed by atoms with Gasteiger partial charge in [-0.2, -0.15) is 0 Å². The fourth-order valence-electron chi connectivity index (χ4n) is 2.70. The Balaban J connectivity index is 1.73. The van der Waals surface area contributed by atoms with Crippen LogP contribution in [0.4, 0.5) is 5.69 Å². The predicted octanol–water partition coefficient (Wildman–Crippen LogP) is 4.41. The number of ether oxygens (including phenoxy) is 1. The van der Waals surface area contributed by atoms with Crippen LogP contribution in [0.15, 0.2) is 70.8 Å². The average molecular weight is 487 g/mol. The van der Waals surface area contributed by atoms with Gasteiger partial charge in [0.15, 0.2) is 11.0 Å². The number of carbonyl (C=O) groups is 2. The van der Waals surface area contributed by atoms with Crippen molar-refractivity contribution < 1.29 is 14.3 Å². The number of allylic oxidation sites excluding steroid dienone is 1. The van der Waals surface area contributed by atoms with E-state index in [4.69, 9.17) is 4.74 Å². The number of para-hydroxylation sites is 1. The van der Waals surface area contributed by atoms with E-state index in [1.165, 1.54) is 18.9 Å². The van der Waals surface area contributed by atoms with Gasteiger partial charge in [-0.15, -0.1) is 16.8 Å². The zero-order chi connectivity index (χ0) is 21.5. The largest absolute Gasteiger partial charge is 0.465 e. The topological polar surface area (TPSA) is 86.1 Å². The summed E-state index contributed by atoms with van der Waals surface area (Å²) in [6.07, 6.45) is 1.75. The van der Waals surface area contributed by atoms with E-state index in [0.717, 1.165) is 10.0 Å². The molecule has 1 amide bonds. The first kappa shape index (κ1) is 21.8. The molecule has 0 unspecified atom stereocenters.